The number of allylic oxidation sites excluding steroid dienone is 1. The largest absolute Gasteiger partial charge is 0.361 e. The number of nitrogens with zero attached hydrogens (tertiary/aromatic N) is 1. The van der Waals surface area contributed by atoms with Crippen molar-refractivity contribution >= 4 is 28.6 Å². The van der Waals surface area contributed by atoms with Gasteiger partial charge in [-0.1, -0.05) is 12.2 Å². The van der Waals surface area contributed by atoms with Crippen molar-refractivity contribution in [3.8, 4) is 0 Å². The quantitative estimate of drug-likeness (QED) is 0.755. The van der Waals surface area contributed by atoms with Gasteiger partial charge in [-0.25, -0.2) is 0 Å². The molecule has 0 unspecified atom stereocenters. The van der Waals surface area contributed by atoms with Crippen LogP contribution in [0.25, 0.3) is 17.0 Å². The molecule has 2 aromatic rings. The maximum absolute atomic E-state index is 4.34. The van der Waals surface area contributed by atoms with Gasteiger partial charge < -0.3 is 15.6 Å². The third-order valence-corrected chi connectivity index (χ3v) is 2.97. The lowest BCUT2D eigenvalue weighted by atomic mass is 10.1. The lowest BCUT2D eigenvalue weighted by Crippen LogP contribution is -2.26. The standard InChI is InChI=1S/C14H16N4/c1-2-3-10-8-12(18-14-16-6-7-17-14)9-11-4-5-15-13(10)11/h2-5,8-9,15H,6-7H2,1H3,(H2,16,17,18). The molecule has 4 heteroatoms. The Morgan fingerprint density at radius 2 is 2.33 bits per heavy atom. The van der Waals surface area contributed by atoms with Gasteiger partial charge in [-0.3, -0.25) is 4.99 Å². The van der Waals surface area contributed by atoms with Crippen LogP contribution in [0.3, 0.4) is 0 Å². The summed E-state index contributed by atoms with van der Waals surface area (Å²) in [7, 11) is 0. The van der Waals surface area contributed by atoms with E-state index in [1.54, 1.807) is 0 Å². The third-order valence-electron chi connectivity index (χ3n) is 2.97. The summed E-state index contributed by atoms with van der Waals surface area (Å²) in [5, 5.41) is 7.72. The first-order valence-corrected chi connectivity index (χ1v) is 6.16. The number of hydrogen-bond donors (Lipinski definition) is 3. The zero-order chi connectivity index (χ0) is 12.4. The van der Waals surface area contributed by atoms with E-state index < -0.39 is 0 Å². The molecule has 1 aliphatic rings. The van der Waals surface area contributed by atoms with Crippen LogP contribution in [0.5, 0.6) is 0 Å². The van der Waals surface area contributed by atoms with Gasteiger partial charge in [-0.15, -0.1) is 0 Å². The number of fused-ring (bicyclic) bond motifs is 1. The smallest absolute Gasteiger partial charge is 0.195 e. The highest BCUT2D eigenvalue weighted by molar-refractivity contribution is 5.98. The molecule has 1 aromatic heterocycles. The predicted molar refractivity (Wildman–Crippen MR) is 76.9 cm³/mol. The molecule has 0 saturated carbocycles. The Bertz CT molecular complexity index is 622. The Kier molecular flexibility index (Phi) is 2.76. The van der Waals surface area contributed by atoms with Crippen molar-refractivity contribution in [2.24, 2.45) is 4.99 Å². The van der Waals surface area contributed by atoms with E-state index in [9.17, 15) is 0 Å². The van der Waals surface area contributed by atoms with E-state index in [0.717, 1.165) is 24.7 Å². The van der Waals surface area contributed by atoms with Gasteiger partial charge in [-0.05, 0) is 25.1 Å². The fourth-order valence-electron chi connectivity index (χ4n) is 2.20. The molecule has 0 spiro atoms. The van der Waals surface area contributed by atoms with E-state index in [4.69, 9.17) is 0 Å². The van der Waals surface area contributed by atoms with Gasteiger partial charge in [-0.2, -0.15) is 0 Å². The number of benzene rings is 1. The number of aromatic nitrogens is 1. The molecule has 1 aromatic carbocycles. The Labute approximate surface area is 106 Å². The monoisotopic (exact) mass is 240 g/mol. The average Bonchev–Trinajstić information content (AvgIpc) is 3.00. The maximum atomic E-state index is 4.34. The highest BCUT2D eigenvalue weighted by Gasteiger charge is 2.07. The number of anilines is 1. The van der Waals surface area contributed by atoms with Gasteiger partial charge in [0.2, 0.25) is 0 Å². The van der Waals surface area contributed by atoms with Crippen LogP contribution in [0, 0.1) is 0 Å². The number of H-pyrrole nitrogens is 1. The second-order valence-corrected chi connectivity index (χ2v) is 4.29. The topological polar surface area (TPSA) is 52.2 Å². The van der Waals surface area contributed by atoms with Crippen molar-refractivity contribution in [2.75, 3.05) is 18.4 Å². The number of rotatable bonds is 2. The van der Waals surface area contributed by atoms with Crippen LogP contribution in [0.2, 0.25) is 0 Å². The van der Waals surface area contributed by atoms with E-state index in [2.05, 4.69) is 44.9 Å². The molecule has 0 radical (unpaired) electrons. The van der Waals surface area contributed by atoms with Crippen LogP contribution in [0.15, 0.2) is 35.5 Å². The Balaban J connectivity index is 2.01. The van der Waals surface area contributed by atoms with Crippen LogP contribution in [0.1, 0.15) is 12.5 Å². The molecule has 18 heavy (non-hydrogen) atoms. The molecule has 0 bridgehead atoms. The first-order valence-electron chi connectivity index (χ1n) is 6.16. The molecular formula is C14H16N4. The summed E-state index contributed by atoms with van der Waals surface area (Å²) in [6.07, 6.45) is 6.12. The van der Waals surface area contributed by atoms with Crippen molar-refractivity contribution < 1.29 is 0 Å². The number of hydrogen-bond acceptors (Lipinski definition) is 3. The highest BCUT2D eigenvalue weighted by Crippen LogP contribution is 2.24. The Hall–Kier alpha value is -2.23. The van der Waals surface area contributed by atoms with Gasteiger partial charge in [0.1, 0.15) is 0 Å². The molecule has 92 valence electrons. The summed E-state index contributed by atoms with van der Waals surface area (Å²) in [5.41, 5.74) is 3.41. The van der Waals surface area contributed by atoms with Gasteiger partial charge in [0.25, 0.3) is 0 Å². The van der Waals surface area contributed by atoms with Crippen molar-refractivity contribution in [3.05, 3.63) is 36.0 Å². The highest BCUT2D eigenvalue weighted by atomic mass is 15.2. The van der Waals surface area contributed by atoms with Crippen molar-refractivity contribution in [2.45, 2.75) is 6.92 Å². The predicted octanol–water partition coefficient (Wildman–Crippen LogP) is 2.57. The van der Waals surface area contributed by atoms with Crippen molar-refractivity contribution in [1.82, 2.24) is 10.3 Å². The molecule has 2 heterocycles. The summed E-state index contributed by atoms with van der Waals surface area (Å²) in [5.74, 6) is 0.858. The Morgan fingerprint density at radius 3 is 3.11 bits per heavy atom. The van der Waals surface area contributed by atoms with E-state index in [-0.39, 0.29) is 0 Å². The molecule has 1 aliphatic heterocycles. The van der Waals surface area contributed by atoms with Gasteiger partial charge in [0, 0.05) is 29.4 Å². The van der Waals surface area contributed by atoms with Crippen molar-refractivity contribution in [3.63, 3.8) is 0 Å². The minimum atomic E-state index is 0.844. The lowest BCUT2D eigenvalue weighted by Gasteiger charge is -2.08. The van der Waals surface area contributed by atoms with E-state index in [1.807, 2.05) is 19.2 Å². The molecule has 4 nitrogen and oxygen atoms in total. The zero-order valence-corrected chi connectivity index (χ0v) is 10.3. The average molecular weight is 240 g/mol. The van der Waals surface area contributed by atoms with Gasteiger partial charge >= 0.3 is 0 Å². The second-order valence-electron chi connectivity index (χ2n) is 4.29. The summed E-state index contributed by atoms with van der Waals surface area (Å²) in [4.78, 5) is 7.61. The summed E-state index contributed by atoms with van der Waals surface area (Å²) >= 11 is 0. The summed E-state index contributed by atoms with van der Waals surface area (Å²) < 4.78 is 0. The fourth-order valence-corrected chi connectivity index (χ4v) is 2.20. The van der Waals surface area contributed by atoms with Crippen LogP contribution in [-0.4, -0.2) is 24.0 Å². The third kappa shape index (κ3) is 1.97. The number of aromatic amines is 1. The zero-order valence-electron chi connectivity index (χ0n) is 10.3. The number of guanidine groups is 1. The van der Waals surface area contributed by atoms with Crippen LogP contribution >= 0.6 is 0 Å². The minimum Gasteiger partial charge on any atom is -0.361 e. The van der Waals surface area contributed by atoms with E-state index in [1.165, 1.54) is 16.5 Å². The summed E-state index contributed by atoms with van der Waals surface area (Å²) in [6, 6.07) is 6.33. The SMILES string of the molecule is CC=Cc1cc(NC2=NCCN2)cc2cc[nH]c12. The molecule has 0 aliphatic carbocycles. The van der Waals surface area contributed by atoms with E-state index >= 15 is 0 Å². The first-order chi connectivity index (χ1) is 8.86. The Morgan fingerprint density at radius 1 is 1.39 bits per heavy atom. The number of aliphatic imine (C=N–C) groups is 1. The van der Waals surface area contributed by atoms with Gasteiger partial charge in [0.15, 0.2) is 5.96 Å². The van der Waals surface area contributed by atoms with E-state index in [0.29, 0.717) is 0 Å². The maximum Gasteiger partial charge on any atom is 0.195 e. The molecular weight excluding hydrogens is 224 g/mol. The van der Waals surface area contributed by atoms with Crippen molar-refractivity contribution in [1.29, 1.82) is 0 Å². The molecule has 3 N–H and O–H groups in total. The van der Waals surface area contributed by atoms with Crippen LogP contribution in [0.4, 0.5) is 5.69 Å². The first kappa shape index (κ1) is 10.9. The van der Waals surface area contributed by atoms with Gasteiger partial charge in [0.05, 0.1) is 12.1 Å². The second kappa shape index (κ2) is 4.56. The van der Waals surface area contributed by atoms with Crippen LogP contribution in [-0.2, 0) is 0 Å². The molecule has 3 rings (SSSR count). The normalized spacial score (nSPS) is 15.1. The fraction of sp³-hybridized carbons (Fsp3) is 0.214. The number of nitrogens with one attached hydrogen (secondary N) is 3. The molecule has 0 saturated heterocycles. The summed E-state index contributed by atoms with van der Waals surface area (Å²) in [6.45, 7) is 3.78. The molecule has 0 amide bonds. The van der Waals surface area contributed by atoms with Crippen LogP contribution < -0.4 is 10.6 Å². The minimum absolute atomic E-state index is 0.844. The lowest BCUT2D eigenvalue weighted by molar-refractivity contribution is 0.959. The molecule has 0 fully saturated rings. The molecule has 0 atom stereocenters.